The van der Waals surface area contributed by atoms with Gasteiger partial charge < -0.3 is 19.1 Å². The Morgan fingerprint density at radius 1 is 1.06 bits per heavy atom. The van der Waals surface area contributed by atoms with Crippen molar-refractivity contribution in [1.82, 2.24) is 9.88 Å². The molecule has 1 saturated heterocycles. The SMILES string of the molecule is COc1ccc(S(=O)(=O)CCC(=O)N2CCC(Oc3nc4ccc(OC)cc4s3)CC2)cc1. The Balaban J connectivity index is 1.27. The fraction of sp³-hybridized carbons (Fsp3) is 0.391. The van der Waals surface area contributed by atoms with Crippen LogP contribution in [0.1, 0.15) is 19.3 Å². The van der Waals surface area contributed by atoms with E-state index in [1.54, 1.807) is 24.1 Å². The molecule has 176 valence electrons. The first-order valence-corrected chi connectivity index (χ1v) is 13.1. The second kappa shape index (κ2) is 9.96. The number of ether oxygens (including phenoxy) is 3. The van der Waals surface area contributed by atoms with Gasteiger partial charge in [-0.25, -0.2) is 13.4 Å². The lowest BCUT2D eigenvalue weighted by atomic mass is 10.1. The minimum absolute atomic E-state index is 0.0282. The average Bonchev–Trinajstić information content (AvgIpc) is 3.24. The standard InChI is InChI=1S/C23H26N2O6S2/c1-29-16-3-6-19(7-4-16)33(27,28)14-11-22(26)25-12-9-17(10-13-25)31-23-24-20-8-5-18(30-2)15-21(20)32-23/h3-8,15,17H,9-14H2,1-2H3. The van der Waals surface area contributed by atoms with E-state index in [2.05, 4.69) is 4.98 Å². The molecule has 0 aliphatic carbocycles. The monoisotopic (exact) mass is 490 g/mol. The van der Waals surface area contributed by atoms with Crippen LogP contribution >= 0.6 is 11.3 Å². The highest BCUT2D eigenvalue weighted by Gasteiger charge is 2.26. The molecule has 1 aliphatic heterocycles. The van der Waals surface area contributed by atoms with Crippen LogP contribution in [0.15, 0.2) is 47.4 Å². The van der Waals surface area contributed by atoms with Crippen molar-refractivity contribution in [1.29, 1.82) is 0 Å². The number of aromatic nitrogens is 1. The third-order valence-corrected chi connectivity index (χ3v) is 8.28. The topological polar surface area (TPSA) is 95.0 Å². The van der Waals surface area contributed by atoms with Crippen molar-refractivity contribution in [3.63, 3.8) is 0 Å². The number of fused-ring (bicyclic) bond motifs is 1. The molecule has 1 fully saturated rings. The molecule has 1 aromatic heterocycles. The van der Waals surface area contributed by atoms with E-state index in [0.29, 0.717) is 36.9 Å². The van der Waals surface area contributed by atoms with Crippen LogP contribution in [0.3, 0.4) is 0 Å². The van der Waals surface area contributed by atoms with Crippen LogP contribution < -0.4 is 14.2 Å². The van der Waals surface area contributed by atoms with Gasteiger partial charge in [-0.15, -0.1) is 0 Å². The van der Waals surface area contributed by atoms with Gasteiger partial charge in [-0.2, -0.15) is 0 Å². The summed E-state index contributed by atoms with van der Waals surface area (Å²) in [6, 6.07) is 11.9. The lowest BCUT2D eigenvalue weighted by Crippen LogP contribution is -2.42. The maximum atomic E-state index is 12.6. The van der Waals surface area contributed by atoms with Gasteiger partial charge in [-0.1, -0.05) is 11.3 Å². The van der Waals surface area contributed by atoms with Crippen LogP contribution in [-0.2, 0) is 14.6 Å². The lowest BCUT2D eigenvalue weighted by molar-refractivity contribution is -0.132. The molecular formula is C23H26N2O6S2. The van der Waals surface area contributed by atoms with Crippen LogP contribution in [0.2, 0.25) is 0 Å². The summed E-state index contributed by atoms with van der Waals surface area (Å²) in [5.74, 6) is 0.987. The Morgan fingerprint density at radius 2 is 1.73 bits per heavy atom. The van der Waals surface area contributed by atoms with Crippen molar-refractivity contribution in [3.05, 3.63) is 42.5 Å². The van der Waals surface area contributed by atoms with Gasteiger partial charge in [0.2, 0.25) is 5.91 Å². The summed E-state index contributed by atoms with van der Waals surface area (Å²) in [6.45, 7) is 1.07. The van der Waals surface area contributed by atoms with Crippen molar-refractivity contribution >= 4 is 37.3 Å². The summed E-state index contributed by atoms with van der Waals surface area (Å²) in [5.41, 5.74) is 0.862. The highest BCUT2D eigenvalue weighted by atomic mass is 32.2. The van der Waals surface area contributed by atoms with E-state index < -0.39 is 9.84 Å². The number of hydrogen-bond donors (Lipinski definition) is 0. The molecule has 10 heteroatoms. The second-order valence-corrected chi connectivity index (χ2v) is 10.9. The van der Waals surface area contributed by atoms with Gasteiger partial charge in [0.25, 0.3) is 5.19 Å². The highest BCUT2D eigenvalue weighted by molar-refractivity contribution is 7.91. The van der Waals surface area contributed by atoms with Gasteiger partial charge in [0.05, 0.1) is 35.1 Å². The molecule has 4 rings (SSSR count). The Morgan fingerprint density at radius 3 is 2.39 bits per heavy atom. The lowest BCUT2D eigenvalue weighted by Gasteiger charge is -2.31. The number of hydrogen-bond acceptors (Lipinski definition) is 8. The number of piperidine rings is 1. The fourth-order valence-corrected chi connectivity index (χ4v) is 5.85. The van der Waals surface area contributed by atoms with E-state index in [1.165, 1.54) is 30.6 Å². The summed E-state index contributed by atoms with van der Waals surface area (Å²) in [6.07, 6.45) is 1.28. The van der Waals surface area contributed by atoms with Gasteiger partial charge in [0.15, 0.2) is 9.84 Å². The smallest absolute Gasteiger partial charge is 0.274 e. The summed E-state index contributed by atoms with van der Waals surface area (Å²) in [4.78, 5) is 19.0. The van der Waals surface area contributed by atoms with Crippen molar-refractivity contribution in [3.8, 4) is 16.7 Å². The van der Waals surface area contributed by atoms with Crippen molar-refractivity contribution in [2.45, 2.75) is 30.3 Å². The largest absolute Gasteiger partial charge is 0.497 e. The number of rotatable bonds is 8. The molecule has 0 N–H and O–H groups in total. The van der Waals surface area contributed by atoms with Crippen LogP contribution in [0.5, 0.6) is 16.7 Å². The molecule has 0 atom stereocenters. The third-order valence-electron chi connectivity index (χ3n) is 5.64. The number of methoxy groups -OCH3 is 2. The molecule has 2 heterocycles. The minimum atomic E-state index is -3.53. The maximum absolute atomic E-state index is 12.6. The first-order valence-electron chi connectivity index (χ1n) is 10.6. The minimum Gasteiger partial charge on any atom is -0.497 e. The number of sulfone groups is 1. The summed E-state index contributed by atoms with van der Waals surface area (Å²) >= 11 is 1.47. The summed E-state index contributed by atoms with van der Waals surface area (Å²) in [7, 11) is -0.383. The van der Waals surface area contributed by atoms with E-state index in [0.717, 1.165) is 16.0 Å². The van der Waals surface area contributed by atoms with Crippen LogP contribution in [0.25, 0.3) is 10.2 Å². The van der Waals surface area contributed by atoms with Crippen molar-refractivity contribution < 1.29 is 27.4 Å². The average molecular weight is 491 g/mol. The predicted octanol–water partition coefficient (Wildman–Crippen LogP) is 3.55. The Hall–Kier alpha value is -2.85. The van der Waals surface area contributed by atoms with Crippen molar-refractivity contribution in [2.75, 3.05) is 33.1 Å². The van der Waals surface area contributed by atoms with E-state index >= 15 is 0 Å². The molecule has 0 radical (unpaired) electrons. The normalized spacial score (nSPS) is 14.9. The number of amides is 1. The predicted molar refractivity (Wildman–Crippen MR) is 126 cm³/mol. The Labute approximate surface area is 197 Å². The molecule has 0 bridgehead atoms. The number of thiazole rings is 1. The number of likely N-dealkylation sites (tertiary alicyclic amines) is 1. The zero-order valence-electron chi connectivity index (χ0n) is 18.5. The second-order valence-electron chi connectivity index (χ2n) is 7.76. The number of nitrogens with zero attached hydrogens (tertiary/aromatic N) is 2. The van der Waals surface area contributed by atoms with Gasteiger partial charge in [0, 0.05) is 32.4 Å². The van der Waals surface area contributed by atoms with Gasteiger partial charge in [-0.3, -0.25) is 4.79 Å². The molecule has 33 heavy (non-hydrogen) atoms. The number of benzene rings is 2. The summed E-state index contributed by atoms with van der Waals surface area (Å²) in [5, 5.41) is 0.605. The van der Waals surface area contributed by atoms with Gasteiger partial charge in [0.1, 0.15) is 17.6 Å². The fourth-order valence-electron chi connectivity index (χ4n) is 3.71. The highest BCUT2D eigenvalue weighted by Crippen LogP contribution is 2.32. The molecule has 1 amide bonds. The molecule has 3 aromatic rings. The van der Waals surface area contributed by atoms with E-state index in [4.69, 9.17) is 14.2 Å². The Bertz CT molecular complexity index is 1220. The van der Waals surface area contributed by atoms with Crippen LogP contribution in [0, 0.1) is 0 Å². The van der Waals surface area contributed by atoms with Gasteiger partial charge in [-0.05, 0) is 42.5 Å². The molecule has 2 aromatic carbocycles. The van der Waals surface area contributed by atoms with E-state index in [1.807, 2.05) is 18.2 Å². The summed E-state index contributed by atoms with van der Waals surface area (Å²) < 4.78 is 42.4. The van der Waals surface area contributed by atoms with Crippen molar-refractivity contribution in [2.24, 2.45) is 0 Å². The van der Waals surface area contributed by atoms with E-state index in [-0.39, 0.29) is 29.1 Å². The number of carbonyl (C=O) groups excluding carboxylic acids is 1. The molecule has 0 saturated carbocycles. The zero-order valence-corrected chi connectivity index (χ0v) is 20.2. The molecular weight excluding hydrogens is 464 g/mol. The Kier molecular flexibility index (Phi) is 7.04. The quantitative estimate of drug-likeness (QED) is 0.477. The molecule has 0 spiro atoms. The maximum Gasteiger partial charge on any atom is 0.274 e. The zero-order chi connectivity index (χ0) is 23.4. The third kappa shape index (κ3) is 5.56. The van der Waals surface area contributed by atoms with Crippen LogP contribution in [-0.4, -0.2) is 63.4 Å². The first kappa shape index (κ1) is 23.3. The molecule has 8 nitrogen and oxygen atoms in total. The molecule has 0 unspecified atom stereocenters. The van der Waals surface area contributed by atoms with Crippen LogP contribution in [0.4, 0.5) is 0 Å². The number of carbonyl (C=O) groups is 1. The van der Waals surface area contributed by atoms with Gasteiger partial charge >= 0.3 is 0 Å². The first-order chi connectivity index (χ1) is 15.9. The molecule has 1 aliphatic rings. The van der Waals surface area contributed by atoms with E-state index in [9.17, 15) is 13.2 Å².